The van der Waals surface area contributed by atoms with Gasteiger partial charge in [0.1, 0.15) is 0 Å². The van der Waals surface area contributed by atoms with Crippen LogP contribution in [0.3, 0.4) is 0 Å². The van der Waals surface area contributed by atoms with Crippen molar-refractivity contribution in [3.05, 3.63) is 41.7 Å². The zero-order chi connectivity index (χ0) is 15.8. The second-order valence-corrected chi connectivity index (χ2v) is 5.42. The molecule has 122 valence electrons. The summed E-state index contributed by atoms with van der Waals surface area (Å²) in [6.45, 7) is 1.91. The molecule has 1 aliphatic heterocycles. The van der Waals surface area contributed by atoms with Crippen molar-refractivity contribution >= 4 is 5.69 Å². The molecular formula is C16H26N4O2. The molecule has 1 aromatic rings. The van der Waals surface area contributed by atoms with Gasteiger partial charge in [-0.15, -0.1) is 0 Å². The summed E-state index contributed by atoms with van der Waals surface area (Å²) in [4.78, 5) is 0. The summed E-state index contributed by atoms with van der Waals surface area (Å²) < 4.78 is 11.1. The van der Waals surface area contributed by atoms with Gasteiger partial charge in [-0.1, -0.05) is 12.1 Å². The quantitative estimate of drug-likeness (QED) is 0.522. The number of nitrogens with zero attached hydrogens (tertiary/aromatic N) is 1. The number of nitrogens with two attached hydrogens (primary N) is 2. The molecule has 0 aromatic heterocycles. The molecule has 1 unspecified atom stereocenters. The Morgan fingerprint density at radius 1 is 1.41 bits per heavy atom. The number of ether oxygens (including phenoxy) is 2. The lowest BCUT2D eigenvalue weighted by Gasteiger charge is -2.23. The van der Waals surface area contributed by atoms with Crippen LogP contribution in [0.1, 0.15) is 24.8 Å². The molecule has 6 nitrogen and oxygen atoms in total. The molecular weight excluding hydrogens is 280 g/mol. The number of rotatable bonds is 7. The molecule has 0 spiro atoms. The van der Waals surface area contributed by atoms with Crippen molar-refractivity contribution in [1.29, 1.82) is 0 Å². The Morgan fingerprint density at radius 3 is 2.82 bits per heavy atom. The highest BCUT2D eigenvalue weighted by Crippen LogP contribution is 2.15. The third-order valence-electron chi connectivity index (χ3n) is 3.49. The predicted molar refractivity (Wildman–Crippen MR) is 87.7 cm³/mol. The minimum absolute atomic E-state index is 0.146. The van der Waals surface area contributed by atoms with E-state index in [4.69, 9.17) is 21.1 Å². The summed E-state index contributed by atoms with van der Waals surface area (Å²) in [7, 11) is 1.92. The lowest BCUT2D eigenvalue weighted by molar-refractivity contribution is -0.157. The summed E-state index contributed by atoms with van der Waals surface area (Å²) in [5.41, 5.74) is 8.60. The van der Waals surface area contributed by atoms with Gasteiger partial charge in [0.25, 0.3) is 0 Å². The summed E-state index contributed by atoms with van der Waals surface area (Å²) in [5.74, 6) is 6.00. The molecule has 0 radical (unpaired) electrons. The van der Waals surface area contributed by atoms with E-state index in [2.05, 4.69) is 5.32 Å². The topological polar surface area (TPSA) is 85.8 Å². The monoisotopic (exact) mass is 306 g/mol. The number of benzene rings is 1. The average molecular weight is 306 g/mol. The lowest BCUT2D eigenvalue weighted by atomic mass is 10.2. The Kier molecular flexibility index (Phi) is 6.67. The fourth-order valence-corrected chi connectivity index (χ4v) is 2.31. The minimum atomic E-state index is -0.146. The third-order valence-corrected chi connectivity index (χ3v) is 3.49. The van der Waals surface area contributed by atoms with E-state index < -0.39 is 0 Å². The van der Waals surface area contributed by atoms with Gasteiger partial charge in [0.2, 0.25) is 0 Å². The molecule has 1 aromatic carbocycles. The van der Waals surface area contributed by atoms with E-state index in [0.29, 0.717) is 12.3 Å². The second kappa shape index (κ2) is 8.75. The minimum Gasteiger partial charge on any atom is -0.399 e. The largest absolute Gasteiger partial charge is 0.399 e. The van der Waals surface area contributed by atoms with Crippen LogP contribution in [-0.4, -0.2) is 26.6 Å². The van der Waals surface area contributed by atoms with Gasteiger partial charge in [0.05, 0.1) is 18.0 Å². The number of anilines is 1. The van der Waals surface area contributed by atoms with E-state index in [1.165, 1.54) is 10.6 Å². The molecule has 1 aliphatic rings. The highest BCUT2D eigenvalue weighted by Gasteiger charge is 2.14. The van der Waals surface area contributed by atoms with Gasteiger partial charge < -0.3 is 20.5 Å². The van der Waals surface area contributed by atoms with Crippen LogP contribution in [0.4, 0.5) is 5.69 Å². The number of hydrazine groups is 1. The van der Waals surface area contributed by atoms with Gasteiger partial charge in [0.15, 0.2) is 6.29 Å². The van der Waals surface area contributed by atoms with Crippen molar-refractivity contribution in [2.45, 2.75) is 32.1 Å². The zero-order valence-corrected chi connectivity index (χ0v) is 13.1. The normalized spacial score (nSPS) is 19.2. The molecule has 1 saturated heterocycles. The molecule has 0 aliphatic carbocycles. The molecule has 0 amide bonds. The van der Waals surface area contributed by atoms with Gasteiger partial charge in [0, 0.05) is 19.4 Å². The van der Waals surface area contributed by atoms with Crippen molar-refractivity contribution < 1.29 is 9.47 Å². The fourth-order valence-electron chi connectivity index (χ4n) is 2.31. The van der Waals surface area contributed by atoms with Crippen LogP contribution in [0.15, 0.2) is 36.2 Å². The van der Waals surface area contributed by atoms with Crippen molar-refractivity contribution in [3.63, 3.8) is 0 Å². The molecule has 22 heavy (non-hydrogen) atoms. The Morgan fingerprint density at radius 2 is 2.18 bits per heavy atom. The molecule has 1 heterocycles. The van der Waals surface area contributed by atoms with E-state index in [1.54, 1.807) is 6.20 Å². The van der Waals surface area contributed by atoms with Crippen LogP contribution < -0.4 is 21.9 Å². The van der Waals surface area contributed by atoms with Gasteiger partial charge >= 0.3 is 0 Å². The lowest BCUT2D eigenvalue weighted by Crippen LogP contribution is -2.28. The van der Waals surface area contributed by atoms with Crippen LogP contribution in [-0.2, 0) is 16.0 Å². The smallest absolute Gasteiger partial charge is 0.158 e. The van der Waals surface area contributed by atoms with Gasteiger partial charge in [-0.05, 0) is 44.0 Å². The third kappa shape index (κ3) is 5.31. The summed E-state index contributed by atoms with van der Waals surface area (Å²) >= 11 is 0. The fraction of sp³-hybridized carbons (Fsp3) is 0.500. The maximum absolute atomic E-state index is 6.00. The van der Waals surface area contributed by atoms with Crippen molar-refractivity contribution in [3.8, 4) is 0 Å². The molecule has 0 bridgehead atoms. The number of hydrogen-bond acceptors (Lipinski definition) is 6. The molecule has 1 fully saturated rings. The van der Waals surface area contributed by atoms with Crippen LogP contribution in [0.2, 0.25) is 0 Å². The van der Waals surface area contributed by atoms with Crippen molar-refractivity contribution in [1.82, 2.24) is 5.32 Å². The van der Waals surface area contributed by atoms with E-state index in [9.17, 15) is 0 Å². The summed E-state index contributed by atoms with van der Waals surface area (Å²) in [5, 5.41) is 4.61. The van der Waals surface area contributed by atoms with Gasteiger partial charge in [-0.3, -0.25) is 5.01 Å². The Bertz CT molecular complexity index is 470. The molecule has 1 atom stereocenters. The maximum Gasteiger partial charge on any atom is 0.158 e. The number of nitrogens with one attached hydrogen (secondary N) is 1. The maximum atomic E-state index is 6.00. The van der Waals surface area contributed by atoms with Gasteiger partial charge in [-0.25, -0.2) is 5.84 Å². The first-order chi connectivity index (χ1) is 10.7. The molecule has 6 heteroatoms. The highest BCUT2D eigenvalue weighted by atomic mass is 16.7. The Labute approximate surface area is 132 Å². The predicted octanol–water partition coefficient (Wildman–Crippen LogP) is 1.43. The summed E-state index contributed by atoms with van der Waals surface area (Å²) in [6.07, 6.45) is 4.69. The Balaban J connectivity index is 1.83. The van der Waals surface area contributed by atoms with Gasteiger partial charge in [-0.2, -0.15) is 0 Å². The summed E-state index contributed by atoms with van der Waals surface area (Å²) in [6, 6.07) is 7.98. The van der Waals surface area contributed by atoms with Crippen molar-refractivity contribution in [2.24, 2.45) is 11.6 Å². The molecule has 2 rings (SSSR count). The first-order valence-electron chi connectivity index (χ1n) is 7.66. The second-order valence-electron chi connectivity index (χ2n) is 5.42. The van der Waals surface area contributed by atoms with E-state index in [-0.39, 0.29) is 6.29 Å². The van der Waals surface area contributed by atoms with E-state index in [0.717, 1.165) is 38.1 Å². The SMILES string of the molecule is CNCc1ccc(N(N)/C=C(\N)COC2CCCCO2)cc1. The standard InChI is InChI=1S/C16H26N4O2/c1-19-10-13-5-7-15(8-6-13)20(18)11-14(17)12-22-16-4-2-3-9-21-16/h5-8,11,16,19H,2-4,9-10,12,17-18H2,1H3/b14-11-. The number of hydrogen-bond donors (Lipinski definition) is 3. The van der Waals surface area contributed by atoms with Crippen LogP contribution in [0, 0.1) is 0 Å². The Hall–Kier alpha value is -1.60. The molecule has 0 saturated carbocycles. The average Bonchev–Trinajstić information content (AvgIpc) is 2.55. The first kappa shape index (κ1) is 16.8. The van der Waals surface area contributed by atoms with E-state index in [1.807, 2.05) is 31.3 Å². The van der Waals surface area contributed by atoms with Crippen LogP contribution in [0.25, 0.3) is 0 Å². The van der Waals surface area contributed by atoms with Crippen LogP contribution in [0.5, 0.6) is 0 Å². The molecule has 5 N–H and O–H groups in total. The zero-order valence-electron chi connectivity index (χ0n) is 13.1. The highest BCUT2D eigenvalue weighted by molar-refractivity contribution is 5.48. The first-order valence-corrected chi connectivity index (χ1v) is 7.66. The van der Waals surface area contributed by atoms with E-state index >= 15 is 0 Å². The van der Waals surface area contributed by atoms with Crippen molar-refractivity contribution in [2.75, 3.05) is 25.3 Å². The van der Waals surface area contributed by atoms with Crippen LogP contribution >= 0.6 is 0 Å².